The van der Waals surface area contributed by atoms with Crippen LogP contribution < -0.4 is 11.1 Å². The van der Waals surface area contributed by atoms with Crippen molar-refractivity contribution in [3.8, 4) is 0 Å². The minimum absolute atomic E-state index is 0.178. The molecule has 0 atom stereocenters. The topological polar surface area (TPSA) is 96.9 Å². The molecule has 0 aliphatic carbocycles. The number of nitrogens with one attached hydrogen (secondary N) is 1. The summed E-state index contributed by atoms with van der Waals surface area (Å²) in [5.41, 5.74) is 5.57. The summed E-state index contributed by atoms with van der Waals surface area (Å²) in [6.45, 7) is 1.86. The zero-order valence-electron chi connectivity index (χ0n) is 10.0. The van der Waals surface area contributed by atoms with E-state index in [0.29, 0.717) is 24.1 Å². The van der Waals surface area contributed by atoms with Gasteiger partial charge in [-0.25, -0.2) is 0 Å². The van der Waals surface area contributed by atoms with Gasteiger partial charge in [-0.3, -0.25) is 9.59 Å². The molecule has 1 aromatic rings. The molecule has 0 saturated carbocycles. The molecule has 0 bridgehead atoms. The average Bonchev–Trinajstić information content (AvgIpc) is 3.06. The molecule has 2 rings (SSSR count). The molecule has 0 saturated heterocycles. The van der Waals surface area contributed by atoms with Crippen molar-refractivity contribution >= 4 is 17.5 Å². The van der Waals surface area contributed by atoms with Gasteiger partial charge in [-0.05, 0) is 19.1 Å². The second-order valence-electron chi connectivity index (χ2n) is 4.38. The van der Waals surface area contributed by atoms with Crippen molar-refractivity contribution in [2.75, 3.05) is 5.32 Å². The molecule has 0 aromatic heterocycles. The van der Waals surface area contributed by atoms with Crippen LogP contribution in [0.15, 0.2) is 34.5 Å². The maximum atomic E-state index is 11.7. The number of rotatable bonds is 5. The lowest BCUT2D eigenvalue weighted by molar-refractivity contribution is -0.116. The molecule has 0 unspecified atom stereocenters. The van der Waals surface area contributed by atoms with E-state index in [1.54, 1.807) is 24.3 Å². The van der Waals surface area contributed by atoms with Crippen molar-refractivity contribution in [3.63, 3.8) is 0 Å². The molecule has 1 aliphatic rings. The van der Waals surface area contributed by atoms with Gasteiger partial charge in [-0.1, -0.05) is 12.1 Å². The van der Waals surface area contributed by atoms with Gasteiger partial charge in [0.1, 0.15) is 0 Å². The van der Waals surface area contributed by atoms with E-state index in [0.717, 1.165) is 0 Å². The number of anilines is 1. The Labute approximate surface area is 104 Å². The number of nitrogens with zero attached hydrogens (tertiary/aromatic N) is 2. The molecule has 3 N–H and O–H groups in total. The van der Waals surface area contributed by atoms with Gasteiger partial charge in [0, 0.05) is 12.8 Å². The van der Waals surface area contributed by atoms with Crippen LogP contribution in [0.5, 0.6) is 0 Å². The Morgan fingerprint density at radius 3 is 2.61 bits per heavy atom. The Bertz CT molecular complexity index is 519. The molecule has 1 heterocycles. The molecule has 18 heavy (non-hydrogen) atoms. The average molecular weight is 246 g/mol. The van der Waals surface area contributed by atoms with Gasteiger partial charge in [0.2, 0.25) is 5.91 Å². The summed E-state index contributed by atoms with van der Waals surface area (Å²) in [7, 11) is 0. The molecule has 1 aromatic carbocycles. The van der Waals surface area contributed by atoms with Crippen LogP contribution in [0.2, 0.25) is 0 Å². The highest BCUT2D eigenvalue weighted by molar-refractivity contribution is 6.02. The van der Waals surface area contributed by atoms with Crippen molar-refractivity contribution in [1.82, 2.24) is 0 Å². The first kappa shape index (κ1) is 12.2. The largest absolute Gasteiger partial charge is 0.366 e. The second kappa shape index (κ2) is 4.56. The van der Waals surface area contributed by atoms with Gasteiger partial charge in [0.25, 0.3) is 5.91 Å². The third-order valence-corrected chi connectivity index (χ3v) is 2.73. The first-order valence-corrected chi connectivity index (χ1v) is 5.63. The van der Waals surface area contributed by atoms with Crippen LogP contribution in [0.3, 0.4) is 0 Å². The monoisotopic (exact) mass is 246 g/mol. The van der Waals surface area contributed by atoms with Crippen LogP contribution in [0.4, 0.5) is 5.69 Å². The summed E-state index contributed by atoms with van der Waals surface area (Å²) >= 11 is 0. The number of carbonyl (C=O) groups excluding carboxylic acids is 2. The van der Waals surface area contributed by atoms with Gasteiger partial charge in [-0.15, -0.1) is 0 Å². The number of para-hydroxylation sites is 1. The van der Waals surface area contributed by atoms with Crippen LogP contribution in [-0.2, 0) is 4.79 Å². The maximum Gasteiger partial charge on any atom is 0.250 e. The van der Waals surface area contributed by atoms with Crippen LogP contribution in [-0.4, -0.2) is 17.5 Å². The zero-order chi connectivity index (χ0) is 13.2. The predicted molar refractivity (Wildman–Crippen MR) is 66.1 cm³/mol. The fourth-order valence-electron chi connectivity index (χ4n) is 1.56. The van der Waals surface area contributed by atoms with Gasteiger partial charge in [-0.2, -0.15) is 10.2 Å². The van der Waals surface area contributed by atoms with Gasteiger partial charge >= 0.3 is 0 Å². The molecule has 1 aliphatic heterocycles. The van der Waals surface area contributed by atoms with E-state index in [-0.39, 0.29) is 11.6 Å². The van der Waals surface area contributed by atoms with Crippen LogP contribution in [0, 0.1) is 0 Å². The van der Waals surface area contributed by atoms with Gasteiger partial charge in [0.05, 0.1) is 11.3 Å². The SMILES string of the molecule is CC1(CCC(=O)Nc2ccccc2C(N)=O)N=N1. The number of hydrogen-bond donors (Lipinski definition) is 2. The minimum Gasteiger partial charge on any atom is -0.366 e. The molecule has 0 spiro atoms. The molecule has 94 valence electrons. The van der Waals surface area contributed by atoms with Crippen LogP contribution in [0.25, 0.3) is 0 Å². The Kier molecular flexibility index (Phi) is 3.10. The Morgan fingerprint density at radius 1 is 1.33 bits per heavy atom. The summed E-state index contributed by atoms with van der Waals surface area (Å²) in [5, 5.41) is 10.3. The molecule has 0 fully saturated rings. The third-order valence-electron chi connectivity index (χ3n) is 2.73. The zero-order valence-corrected chi connectivity index (χ0v) is 10.0. The Morgan fingerprint density at radius 2 is 2.00 bits per heavy atom. The highest BCUT2D eigenvalue weighted by Gasteiger charge is 2.33. The minimum atomic E-state index is -0.565. The molecule has 6 heteroatoms. The molecular formula is C12H14N4O2. The standard InChI is InChI=1S/C12H14N4O2/c1-12(15-16-12)7-6-10(17)14-9-5-3-2-4-8(9)11(13)18/h2-5H,6-7H2,1H3,(H2,13,18)(H,14,17). The predicted octanol–water partition coefficient (Wildman–Crippen LogP) is 1.69. The van der Waals surface area contributed by atoms with E-state index >= 15 is 0 Å². The lowest BCUT2D eigenvalue weighted by Crippen LogP contribution is -2.19. The number of hydrogen-bond acceptors (Lipinski definition) is 4. The summed E-state index contributed by atoms with van der Waals surface area (Å²) in [6, 6.07) is 6.64. The number of amides is 2. The number of nitrogens with two attached hydrogens (primary N) is 1. The van der Waals surface area contributed by atoms with Crippen molar-refractivity contribution in [2.45, 2.75) is 25.4 Å². The van der Waals surface area contributed by atoms with Gasteiger partial charge in [0.15, 0.2) is 5.66 Å². The van der Waals surface area contributed by atoms with Crippen LogP contribution in [0.1, 0.15) is 30.1 Å². The summed E-state index contributed by atoms with van der Waals surface area (Å²) < 4.78 is 0. The highest BCUT2D eigenvalue weighted by atomic mass is 16.2. The van der Waals surface area contributed by atoms with E-state index in [9.17, 15) is 9.59 Å². The number of primary amides is 1. The Hall–Kier alpha value is -2.24. The molecular weight excluding hydrogens is 232 g/mol. The number of benzene rings is 1. The maximum absolute atomic E-state index is 11.7. The van der Waals surface area contributed by atoms with Crippen molar-refractivity contribution < 1.29 is 9.59 Å². The normalized spacial score (nSPS) is 15.2. The molecule has 0 radical (unpaired) electrons. The quantitative estimate of drug-likeness (QED) is 0.826. The van der Waals surface area contributed by atoms with E-state index in [2.05, 4.69) is 15.5 Å². The van der Waals surface area contributed by atoms with Crippen molar-refractivity contribution in [3.05, 3.63) is 29.8 Å². The first-order chi connectivity index (χ1) is 8.50. The smallest absolute Gasteiger partial charge is 0.250 e. The fraction of sp³-hybridized carbons (Fsp3) is 0.333. The lowest BCUT2D eigenvalue weighted by atomic mass is 10.1. The fourth-order valence-corrected chi connectivity index (χ4v) is 1.56. The Balaban J connectivity index is 1.96. The molecule has 2 amide bonds. The van der Waals surface area contributed by atoms with E-state index in [4.69, 9.17) is 5.73 Å². The van der Waals surface area contributed by atoms with E-state index in [1.807, 2.05) is 6.92 Å². The van der Waals surface area contributed by atoms with Crippen molar-refractivity contribution in [1.29, 1.82) is 0 Å². The second-order valence-corrected chi connectivity index (χ2v) is 4.38. The first-order valence-electron chi connectivity index (χ1n) is 5.63. The highest BCUT2D eigenvalue weighted by Crippen LogP contribution is 2.32. The van der Waals surface area contributed by atoms with E-state index in [1.165, 1.54) is 0 Å². The van der Waals surface area contributed by atoms with Crippen molar-refractivity contribution in [2.24, 2.45) is 16.0 Å². The summed E-state index contributed by atoms with van der Waals surface area (Å²) in [4.78, 5) is 22.9. The lowest BCUT2D eigenvalue weighted by Gasteiger charge is -2.09. The summed E-state index contributed by atoms with van der Waals surface area (Å²) in [6.07, 6.45) is 0.869. The summed E-state index contributed by atoms with van der Waals surface area (Å²) in [5.74, 6) is -0.743. The number of carbonyl (C=O) groups is 2. The van der Waals surface area contributed by atoms with Gasteiger partial charge < -0.3 is 11.1 Å². The van der Waals surface area contributed by atoms with E-state index < -0.39 is 5.91 Å². The van der Waals surface area contributed by atoms with Crippen LogP contribution >= 0.6 is 0 Å². The third kappa shape index (κ3) is 2.91. The molecule has 6 nitrogen and oxygen atoms in total.